The van der Waals surface area contributed by atoms with Gasteiger partial charge in [-0.3, -0.25) is 0 Å². The van der Waals surface area contributed by atoms with Crippen LogP contribution in [-0.4, -0.2) is 104 Å². The first-order valence-corrected chi connectivity index (χ1v) is 26.6. The van der Waals surface area contributed by atoms with E-state index in [1.54, 1.807) is 18.5 Å². The van der Waals surface area contributed by atoms with Crippen molar-refractivity contribution in [3.63, 3.8) is 0 Å². The molecule has 12 nitrogen and oxygen atoms in total. The number of nitrogens with zero attached hydrogens (tertiary/aromatic N) is 6. The number of methoxy groups -OCH3 is 1. The molecule has 3 atom stereocenters. The number of anilines is 1. The molecule has 0 saturated carbocycles. The molecule has 0 radical (unpaired) electrons. The number of halogens is 1. The van der Waals surface area contributed by atoms with E-state index in [0.717, 1.165) is 64.9 Å². The fraction of sp³-hybridized carbons (Fsp3) is 0.649. The number of fused-ring (bicyclic) bond motifs is 3. The summed E-state index contributed by atoms with van der Waals surface area (Å²) in [5.74, 6) is 0.386. The Morgan fingerprint density at radius 1 is 0.942 bits per heavy atom. The Hall–Kier alpha value is -2.86. The Labute approximate surface area is 319 Å². The SMILES string of the molecule is COC(=O)c1ccc(-c2cnn3c(N(COCC[Si](C)(C)C)COCC[Si](C)(C)C)c(Br)c([C@H]4C[C@H]5CC[C@@H](C4)N5C(=O)OC(C)(C)C)nc23)cn1. The molecule has 2 fully saturated rings. The normalized spacial score (nSPS) is 19.3. The van der Waals surface area contributed by atoms with Crippen molar-refractivity contribution < 1.29 is 28.5 Å². The Balaban J connectivity index is 1.56. The van der Waals surface area contributed by atoms with E-state index in [1.807, 2.05) is 36.3 Å². The third kappa shape index (κ3) is 10.0. The Bertz CT molecular complexity index is 1680. The number of amides is 1. The number of piperidine rings is 1. The Kier molecular flexibility index (Phi) is 12.6. The monoisotopic (exact) mass is 816 g/mol. The molecule has 0 aromatic carbocycles. The first kappa shape index (κ1) is 40.3. The van der Waals surface area contributed by atoms with E-state index in [2.05, 4.69) is 65.1 Å². The van der Waals surface area contributed by atoms with E-state index in [4.69, 9.17) is 29.0 Å². The van der Waals surface area contributed by atoms with Crippen molar-refractivity contribution in [3.8, 4) is 11.1 Å². The van der Waals surface area contributed by atoms with Crippen molar-refractivity contribution >= 4 is 55.6 Å². The lowest BCUT2D eigenvalue weighted by Gasteiger charge is -2.39. The van der Waals surface area contributed by atoms with Gasteiger partial charge in [-0.2, -0.15) is 9.61 Å². The van der Waals surface area contributed by atoms with Gasteiger partial charge in [-0.25, -0.2) is 19.6 Å². The fourth-order valence-corrected chi connectivity index (χ4v) is 9.12. The molecule has 0 aliphatic carbocycles. The summed E-state index contributed by atoms with van der Waals surface area (Å²) in [6.07, 6.45) is 6.63. The standard InChI is InChI=1S/C37H57BrN6O6Si2/c1-37(2,3)50-36(46)43-27-12-13-28(43)20-26(19-27)32-31(38)34(42(23-48-15-17-51(5,6)7)24-49-16-18-52(8,9)10)44-33(41-32)29(22-40-44)25-11-14-30(39-21-25)35(45)47-4/h11,14,21-22,26-28H,12-13,15-20,23-24H2,1-10H3/t26-,27+,28-. The lowest BCUT2D eigenvalue weighted by atomic mass is 9.88. The molecule has 2 aliphatic heterocycles. The largest absolute Gasteiger partial charge is 0.464 e. The smallest absolute Gasteiger partial charge is 0.410 e. The van der Waals surface area contributed by atoms with E-state index in [-0.39, 0.29) is 29.8 Å². The highest BCUT2D eigenvalue weighted by Crippen LogP contribution is 2.47. The van der Waals surface area contributed by atoms with Gasteiger partial charge in [0, 0.05) is 64.7 Å². The number of hydrogen-bond donors (Lipinski definition) is 0. The minimum Gasteiger partial charge on any atom is -0.464 e. The van der Waals surface area contributed by atoms with E-state index in [9.17, 15) is 9.59 Å². The van der Waals surface area contributed by atoms with Crippen molar-refractivity contribution in [2.24, 2.45) is 0 Å². The quantitative estimate of drug-likeness (QED) is 0.0679. The molecule has 5 rings (SSSR count). The predicted molar refractivity (Wildman–Crippen MR) is 213 cm³/mol. The molecule has 1 amide bonds. The number of ether oxygens (including phenoxy) is 4. The Morgan fingerprint density at radius 3 is 2.04 bits per heavy atom. The van der Waals surface area contributed by atoms with Gasteiger partial charge in [-0.05, 0) is 80.5 Å². The van der Waals surface area contributed by atoms with Gasteiger partial charge < -0.3 is 28.7 Å². The van der Waals surface area contributed by atoms with E-state index in [0.29, 0.717) is 32.3 Å². The summed E-state index contributed by atoms with van der Waals surface area (Å²) in [4.78, 5) is 39.3. The second kappa shape index (κ2) is 16.3. The Morgan fingerprint density at radius 2 is 1.54 bits per heavy atom. The highest BCUT2D eigenvalue weighted by Gasteiger charge is 2.46. The summed E-state index contributed by atoms with van der Waals surface area (Å²) < 4.78 is 26.1. The molecule has 52 heavy (non-hydrogen) atoms. The number of esters is 1. The molecule has 3 aromatic heterocycles. The summed E-state index contributed by atoms with van der Waals surface area (Å²) in [5, 5.41) is 4.88. The van der Waals surface area contributed by atoms with Gasteiger partial charge in [0.25, 0.3) is 0 Å². The van der Waals surface area contributed by atoms with Crippen LogP contribution in [0.25, 0.3) is 16.8 Å². The summed E-state index contributed by atoms with van der Waals surface area (Å²) in [6, 6.07) is 5.73. The number of carbonyl (C=O) groups excluding carboxylic acids is 2. The van der Waals surface area contributed by atoms with Gasteiger partial charge in [0.15, 0.2) is 11.5 Å². The molecule has 0 N–H and O–H groups in total. The minimum absolute atomic E-state index is 0.0670. The summed E-state index contributed by atoms with van der Waals surface area (Å²) >= 11 is 4.03. The van der Waals surface area contributed by atoms with Crippen molar-refractivity contribution in [1.29, 1.82) is 0 Å². The maximum absolute atomic E-state index is 13.3. The lowest BCUT2D eigenvalue weighted by Crippen LogP contribution is -2.48. The first-order chi connectivity index (χ1) is 24.3. The second-order valence-electron chi connectivity index (χ2n) is 17.5. The topological polar surface area (TPSA) is 121 Å². The molecular weight excluding hydrogens is 761 g/mol. The predicted octanol–water partition coefficient (Wildman–Crippen LogP) is 8.42. The van der Waals surface area contributed by atoms with Gasteiger partial charge >= 0.3 is 12.1 Å². The van der Waals surface area contributed by atoms with Crippen LogP contribution in [0.3, 0.4) is 0 Å². The van der Waals surface area contributed by atoms with E-state index < -0.39 is 27.7 Å². The van der Waals surface area contributed by atoms with Crippen LogP contribution in [-0.2, 0) is 18.9 Å². The molecule has 0 unspecified atom stereocenters. The maximum atomic E-state index is 13.3. The number of carbonyl (C=O) groups is 2. The summed E-state index contributed by atoms with van der Waals surface area (Å²) in [5.41, 5.74) is 2.81. The number of hydrogen-bond acceptors (Lipinski definition) is 10. The molecule has 2 bridgehead atoms. The molecule has 0 spiro atoms. The van der Waals surface area contributed by atoms with Crippen molar-refractivity contribution in [2.75, 3.05) is 38.7 Å². The van der Waals surface area contributed by atoms with Crippen LogP contribution in [0.2, 0.25) is 51.4 Å². The van der Waals surface area contributed by atoms with E-state index >= 15 is 0 Å². The van der Waals surface area contributed by atoms with Crippen molar-refractivity contribution in [3.05, 3.63) is 40.4 Å². The molecular formula is C37H57BrN6O6Si2. The van der Waals surface area contributed by atoms with Crippen molar-refractivity contribution in [2.45, 2.75) is 121 Å². The molecule has 2 saturated heterocycles. The zero-order valence-corrected chi connectivity index (χ0v) is 36.2. The van der Waals surface area contributed by atoms with Crippen LogP contribution in [0.5, 0.6) is 0 Å². The van der Waals surface area contributed by atoms with Crippen LogP contribution in [0.4, 0.5) is 10.6 Å². The van der Waals surface area contributed by atoms with Gasteiger partial charge in [-0.1, -0.05) is 45.3 Å². The highest BCUT2D eigenvalue weighted by atomic mass is 79.9. The fourth-order valence-electron chi connectivity index (χ4n) is 6.78. The number of pyridine rings is 1. The lowest BCUT2D eigenvalue weighted by molar-refractivity contribution is 0.00564. The zero-order valence-electron chi connectivity index (χ0n) is 32.6. The average molecular weight is 818 g/mol. The molecule has 286 valence electrons. The minimum atomic E-state index is -1.31. The van der Waals surface area contributed by atoms with Crippen LogP contribution in [0.15, 0.2) is 29.0 Å². The van der Waals surface area contributed by atoms with Crippen LogP contribution < -0.4 is 4.90 Å². The van der Waals surface area contributed by atoms with Crippen LogP contribution in [0.1, 0.15) is 68.6 Å². The number of aromatic nitrogens is 4. The van der Waals surface area contributed by atoms with Crippen molar-refractivity contribution in [1.82, 2.24) is 24.5 Å². The van der Waals surface area contributed by atoms with Crippen LogP contribution >= 0.6 is 15.9 Å². The first-order valence-electron chi connectivity index (χ1n) is 18.4. The molecule has 2 aliphatic rings. The van der Waals surface area contributed by atoms with Gasteiger partial charge in [-0.15, -0.1) is 0 Å². The van der Waals surface area contributed by atoms with Gasteiger partial charge in [0.2, 0.25) is 0 Å². The molecule has 15 heteroatoms. The number of rotatable bonds is 14. The van der Waals surface area contributed by atoms with Gasteiger partial charge in [0.05, 0.1) is 23.5 Å². The van der Waals surface area contributed by atoms with E-state index in [1.165, 1.54) is 7.11 Å². The average Bonchev–Trinajstić information content (AvgIpc) is 3.59. The summed E-state index contributed by atoms with van der Waals surface area (Å²) in [7, 11) is -1.28. The third-order valence-electron chi connectivity index (χ3n) is 9.57. The highest BCUT2D eigenvalue weighted by molar-refractivity contribution is 9.10. The maximum Gasteiger partial charge on any atom is 0.410 e. The summed E-state index contributed by atoms with van der Waals surface area (Å²) in [6.45, 7) is 21.8. The van der Waals surface area contributed by atoms with Gasteiger partial charge in [0.1, 0.15) is 24.8 Å². The molecule has 5 heterocycles. The zero-order chi connectivity index (χ0) is 38.0. The molecule has 3 aromatic rings. The second-order valence-corrected chi connectivity index (χ2v) is 29.6. The van der Waals surface area contributed by atoms with Crippen LogP contribution in [0, 0.1) is 0 Å². The third-order valence-corrected chi connectivity index (χ3v) is 13.7.